The standard InChI is InChI=1S/C22H34N4O.HI/c1-18(20-6-4-3-5-7-20)26-14-9-21(10-15-26)25-22(23-2)24-13-8-19-11-16-27-17-12-19;/h3-7,11,18,21H,8-10,12-17H2,1-2H3,(H2,23,24,25);1H. The topological polar surface area (TPSA) is 48.9 Å². The van der Waals surface area contributed by atoms with Crippen molar-refractivity contribution in [1.29, 1.82) is 0 Å². The third-order valence-corrected chi connectivity index (χ3v) is 5.72. The second-order valence-electron chi connectivity index (χ2n) is 7.48. The van der Waals surface area contributed by atoms with Crippen LogP contribution in [0.15, 0.2) is 47.0 Å². The minimum atomic E-state index is 0. The van der Waals surface area contributed by atoms with E-state index in [1.807, 2.05) is 7.05 Å². The first-order valence-electron chi connectivity index (χ1n) is 10.3. The number of benzene rings is 1. The first-order valence-corrected chi connectivity index (χ1v) is 10.3. The first-order chi connectivity index (χ1) is 13.3. The minimum Gasteiger partial charge on any atom is -0.377 e. The summed E-state index contributed by atoms with van der Waals surface area (Å²) in [6.45, 7) is 7.11. The second kappa shape index (κ2) is 12.4. The van der Waals surface area contributed by atoms with Crippen molar-refractivity contribution in [3.05, 3.63) is 47.5 Å². The lowest BCUT2D eigenvalue weighted by molar-refractivity contribution is 0.153. The summed E-state index contributed by atoms with van der Waals surface area (Å²) >= 11 is 0. The lowest BCUT2D eigenvalue weighted by atomic mass is 10.0. The fourth-order valence-corrected chi connectivity index (χ4v) is 3.90. The van der Waals surface area contributed by atoms with Crippen LogP contribution in [0.4, 0.5) is 0 Å². The molecule has 2 heterocycles. The van der Waals surface area contributed by atoms with Crippen molar-refractivity contribution in [2.75, 3.05) is 39.9 Å². The Kier molecular flexibility index (Phi) is 10.3. The molecule has 3 rings (SSSR count). The Morgan fingerprint density at radius 1 is 1.25 bits per heavy atom. The summed E-state index contributed by atoms with van der Waals surface area (Å²) in [5, 5.41) is 7.08. The van der Waals surface area contributed by atoms with Gasteiger partial charge in [0.1, 0.15) is 0 Å². The molecule has 0 bridgehead atoms. The zero-order valence-electron chi connectivity index (χ0n) is 17.2. The summed E-state index contributed by atoms with van der Waals surface area (Å²) in [6.07, 6.45) is 6.65. The van der Waals surface area contributed by atoms with Crippen molar-refractivity contribution < 1.29 is 4.74 Å². The van der Waals surface area contributed by atoms with E-state index < -0.39 is 0 Å². The van der Waals surface area contributed by atoms with E-state index in [4.69, 9.17) is 4.74 Å². The molecule has 1 aromatic rings. The summed E-state index contributed by atoms with van der Waals surface area (Å²) in [6, 6.07) is 11.8. The molecule has 1 fully saturated rings. The second-order valence-corrected chi connectivity index (χ2v) is 7.48. The number of nitrogens with one attached hydrogen (secondary N) is 2. The van der Waals surface area contributed by atoms with Crippen LogP contribution in [0.2, 0.25) is 0 Å². The van der Waals surface area contributed by atoms with Gasteiger partial charge in [-0.15, -0.1) is 24.0 Å². The predicted molar refractivity (Wildman–Crippen MR) is 128 cm³/mol. The highest BCUT2D eigenvalue weighted by Crippen LogP contribution is 2.23. The molecule has 0 radical (unpaired) electrons. The van der Waals surface area contributed by atoms with Gasteiger partial charge in [-0.3, -0.25) is 9.89 Å². The van der Waals surface area contributed by atoms with E-state index in [2.05, 4.69) is 63.9 Å². The molecular weight excluding hydrogens is 463 g/mol. The molecule has 0 saturated carbocycles. The monoisotopic (exact) mass is 498 g/mol. The van der Waals surface area contributed by atoms with E-state index in [-0.39, 0.29) is 24.0 Å². The van der Waals surface area contributed by atoms with Gasteiger partial charge in [-0.05, 0) is 38.2 Å². The van der Waals surface area contributed by atoms with Crippen LogP contribution in [0.25, 0.3) is 0 Å². The molecule has 0 spiro atoms. The van der Waals surface area contributed by atoms with Gasteiger partial charge in [-0.2, -0.15) is 0 Å². The molecule has 1 saturated heterocycles. The zero-order chi connectivity index (χ0) is 18.9. The van der Waals surface area contributed by atoms with Gasteiger partial charge >= 0.3 is 0 Å². The maximum absolute atomic E-state index is 5.37. The summed E-state index contributed by atoms with van der Waals surface area (Å²) in [5.41, 5.74) is 2.90. The molecule has 28 heavy (non-hydrogen) atoms. The maximum atomic E-state index is 5.37. The highest BCUT2D eigenvalue weighted by atomic mass is 127. The molecule has 0 amide bonds. The van der Waals surface area contributed by atoms with Crippen LogP contribution in [0.3, 0.4) is 0 Å². The largest absolute Gasteiger partial charge is 0.377 e. The van der Waals surface area contributed by atoms with Crippen molar-refractivity contribution in [3.63, 3.8) is 0 Å². The van der Waals surface area contributed by atoms with Gasteiger partial charge in [-0.25, -0.2) is 0 Å². The number of nitrogens with zero attached hydrogens (tertiary/aromatic N) is 2. The highest BCUT2D eigenvalue weighted by molar-refractivity contribution is 14.0. The van der Waals surface area contributed by atoms with Gasteiger partial charge in [0.05, 0.1) is 13.2 Å². The number of hydrogen-bond acceptors (Lipinski definition) is 3. The smallest absolute Gasteiger partial charge is 0.191 e. The molecule has 0 aromatic heterocycles. The Balaban J connectivity index is 0.00000280. The number of piperidine rings is 1. The number of likely N-dealkylation sites (tertiary alicyclic amines) is 1. The van der Waals surface area contributed by atoms with Gasteiger partial charge < -0.3 is 15.4 Å². The van der Waals surface area contributed by atoms with E-state index in [1.54, 1.807) is 0 Å². The third-order valence-electron chi connectivity index (χ3n) is 5.72. The lowest BCUT2D eigenvalue weighted by Crippen LogP contribution is -2.49. The Bertz CT molecular complexity index is 627. The Hall–Kier alpha value is -1.12. The zero-order valence-corrected chi connectivity index (χ0v) is 19.5. The van der Waals surface area contributed by atoms with Gasteiger partial charge in [0.25, 0.3) is 0 Å². The third kappa shape index (κ3) is 7.04. The molecule has 1 aromatic carbocycles. The number of ether oxygens (including phenoxy) is 1. The summed E-state index contributed by atoms with van der Waals surface area (Å²) in [5.74, 6) is 0.928. The lowest BCUT2D eigenvalue weighted by Gasteiger charge is -2.37. The first kappa shape index (κ1) is 23.2. The molecular formula is C22H35IN4O. The molecule has 0 aliphatic carbocycles. The Labute approximate surface area is 187 Å². The number of halogens is 1. The molecule has 2 aliphatic heterocycles. The molecule has 2 N–H and O–H groups in total. The average molecular weight is 498 g/mol. The van der Waals surface area contributed by atoms with E-state index in [1.165, 1.54) is 11.1 Å². The van der Waals surface area contributed by atoms with Gasteiger partial charge in [-0.1, -0.05) is 42.0 Å². The maximum Gasteiger partial charge on any atom is 0.191 e. The summed E-state index contributed by atoms with van der Waals surface area (Å²) in [4.78, 5) is 6.99. The number of guanidine groups is 1. The van der Waals surface area contributed by atoms with Gasteiger partial charge in [0, 0.05) is 38.8 Å². The van der Waals surface area contributed by atoms with Crippen LogP contribution in [-0.2, 0) is 4.74 Å². The quantitative estimate of drug-likeness (QED) is 0.272. The van der Waals surface area contributed by atoms with E-state index in [0.29, 0.717) is 12.1 Å². The SMILES string of the molecule is CN=C(NCCC1=CCOCC1)NC1CCN(C(C)c2ccccc2)CC1.I. The van der Waals surface area contributed by atoms with Crippen molar-refractivity contribution in [1.82, 2.24) is 15.5 Å². The van der Waals surface area contributed by atoms with Crippen LogP contribution in [0.1, 0.15) is 44.2 Å². The molecule has 6 heteroatoms. The van der Waals surface area contributed by atoms with Crippen molar-refractivity contribution in [3.8, 4) is 0 Å². The van der Waals surface area contributed by atoms with Crippen molar-refractivity contribution >= 4 is 29.9 Å². The van der Waals surface area contributed by atoms with Crippen molar-refractivity contribution in [2.45, 2.75) is 44.7 Å². The Morgan fingerprint density at radius 2 is 2.00 bits per heavy atom. The van der Waals surface area contributed by atoms with Crippen LogP contribution in [0, 0.1) is 0 Å². The average Bonchev–Trinajstić information content (AvgIpc) is 2.74. The van der Waals surface area contributed by atoms with Crippen LogP contribution in [0.5, 0.6) is 0 Å². The van der Waals surface area contributed by atoms with Gasteiger partial charge in [0.2, 0.25) is 0 Å². The summed E-state index contributed by atoms with van der Waals surface area (Å²) < 4.78 is 5.37. The molecule has 1 unspecified atom stereocenters. The van der Waals surface area contributed by atoms with E-state index >= 15 is 0 Å². The fourth-order valence-electron chi connectivity index (χ4n) is 3.90. The number of rotatable bonds is 6. The van der Waals surface area contributed by atoms with Gasteiger partial charge in [0.15, 0.2) is 5.96 Å². The molecule has 2 aliphatic rings. The summed E-state index contributed by atoms with van der Waals surface area (Å²) in [7, 11) is 1.86. The minimum absolute atomic E-state index is 0. The number of aliphatic imine (C=N–C) groups is 1. The predicted octanol–water partition coefficient (Wildman–Crippen LogP) is 3.73. The van der Waals surface area contributed by atoms with Crippen LogP contribution >= 0.6 is 24.0 Å². The molecule has 1 atom stereocenters. The van der Waals surface area contributed by atoms with E-state index in [0.717, 1.165) is 64.5 Å². The number of hydrogen-bond donors (Lipinski definition) is 2. The van der Waals surface area contributed by atoms with Crippen LogP contribution in [-0.4, -0.2) is 56.8 Å². The Morgan fingerprint density at radius 3 is 2.64 bits per heavy atom. The van der Waals surface area contributed by atoms with Crippen molar-refractivity contribution in [2.24, 2.45) is 4.99 Å². The molecule has 156 valence electrons. The normalized spacial score (nSPS) is 20.1. The fraction of sp³-hybridized carbons (Fsp3) is 0.591. The van der Waals surface area contributed by atoms with Crippen LogP contribution < -0.4 is 10.6 Å². The molecule has 5 nitrogen and oxygen atoms in total. The van der Waals surface area contributed by atoms with E-state index in [9.17, 15) is 0 Å². The highest BCUT2D eigenvalue weighted by Gasteiger charge is 2.23.